The van der Waals surface area contributed by atoms with E-state index in [0.717, 1.165) is 38.4 Å². The van der Waals surface area contributed by atoms with Crippen LogP contribution >= 0.6 is 0 Å². The Hall–Kier alpha value is -2.77. The van der Waals surface area contributed by atoms with Crippen molar-refractivity contribution >= 4 is 11.8 Å². The summed E-state index contributed by atoms with van der Waals surface area (Å²) in [6.45, 7) is 4.80. The quantitative estimate of drug-likeness (QED) is 0.763. The number of carbonyl (C=O) groups is 2. The first-order valence-electron chi connectivity index (χ1n) is 9.33. The molecule has 0 aromatic heterocycles. The molecule has 0 aliphatic carbocycles. The third-order valence-corrected chi connectivity index (χ3v) is 4.57. The Morgan fingerprint density at radius 3 is 2.29 bits per heavy atom. The van der Waals surface area contributed by atoms with E-state index in [1.54, 1.807) is 36.4 Å². The molecule has 2 amide bonds. The number of ether oxygens (including phenoxy) is 1. The molecule has 1 aliphatic heterocycles. The summed E-state index contributed by atoms with van der Waals surface area (Å²) in [7, 11) is 0. The first-order chi connectivity index (χ1) is 13.6. The molecule has 0 unspecified atom stereocenters. The van der Waals surface area contributed by atoms with Crippen LogP contribution in [0.1, 0.15) is 26.3 Å². The molecule has 0 saturated carbocycles. The first kappa shape index (κ1) is 20.0. The smallest absolute Gasteiger partial charge is 0.251 e. The fourth-order valence-corrected chi connectivity index (χ4v) is 2.94. The molecule has 0 bridgehead atoms. The van der Waals surface area contributed by atoms with Crippen molar-refractivity contribution in [1.82, 2.24) is 15.5 Å². The number of nitrogens with one attached hydrogen (secondary N) is 2. The summed E-state index contributed by atoms with van der Waals surface area (Å²) in [4.78, 5) is 26.9. The minimum Gasteiger partial charge on any atom is -0.379 e. The largest absolute Gasteiger partial charge is 0.379 e. The third kappa shape index (κ3) is 5.87. The second-order valence-electron chi connectivity index (χ2n) is 6.60. The average molecular weight is 385 g/mol. The van der Waals surface area contributed by atoms with Crippen LogP contribution in [0.5, 0.6) is 0 Å². The van der Waals surface area contributed by atoms with E-state index in [-0.39, 0.29) is 24.2 Å². The molecule has 0 radical (unpaired) electrons. The minimum atomic E-state index is -0.317. The molecule has 2 aromatic carbocycles. The van der Waals surface area contributed by atoms with E-state index in [4.69, 9.17) is 4.74 Å². The van der Waals surface area contributed by atoms with E-state index in [9.17, 15) is 14.0 Å². The molecule has 7 heteroatoms. The van der Waals surface area contributed by atoms with Gasteiger partial charge in [0.2, 0.25) is 0 Å². The van der Waals surface area contributed by atoms with Crippen molar-refractivity contribution in [2.75, 3.05) is 39.4 Å². The molecule has 2 aromatic rings. The average Bonchev–Trinajstić information content (AvgIpc) is 2.74. The number of carbonyl (C=O) groups excluding carboxylic acids is 2. The Balaban J connectivity index is 1.49. The maximum atomic E-state index is 12.9. The number of amides is 2. The summed E-state index contributed by atoms with van der Waals surface area (Å²) in [5, 5.41) is 5.66. The van der Waals surface area contributed by atoms with E-state index in [2.05, 4.69) is 15.5 Å². The van der Waals surface area contributed by atoms with Crippen LogP contribution in [-0.2, 0) is 11.3 Å². The van der Waals surface area contributed by atoms with E-state index < -0.39 is 0 Å². The van der Waals surface area contributed by atoms with Gasteiger partial charge in [-0.25, -0.2) is 4.39 Å². The van der Waals surface area contributed by atoms with Gasteiger partial charge in [0.15, 0.2) is 0 Å². The summed E-state index contributed by atoms with van der Waals surface area (Å²) in [6.07, 6.45) is 0. The van der Waals surface area contributed by atoms with E-state index in [1.807, 2.05) is 0 Å². The van der Waals surface area contributed by atoms with Gasteiger partial charge in [0.1, 0.15) is 5.82 Å². The Kier molecular flexibility index (Phi) is 7.11. The SMILES string of the molecule is O=C(NCCN1CCOCC1)c1cccc(C(=O)NCc2ccc(F)cc2)c1. The van der Waals surface area contributed by atoms with Crippen LogP contribution in [0.3, 0.4) is 0 Å². The van der Waals surface area contributed by atoms with Crippen LogP contribution in [0, 0.1) is 5.82 Å². The van der Waals surface area contributed by atoms with Crippen LogP contribution in [0.4, 0.5) is 4.39 Å². The van der Waals surface area contributed by atoms with Crippen molar-refractivity contribution in [2.45, 2.75) is 6.54 Å². The number of benzene rings is 2. The normalized spacial score (nSPS) is 14.5. The van der Waals surface area contributed by atoms with Crippen molar-refractivity contribution in [3.05, 3.63) is 71.0 Å². The second-order valence-corrected chi connectivity index (χ2v) is 6.60. The highest BCUT2D eigenvalue weighted by atomic mass is 19.1. The monoisotopic (exact) mass is 385 g/mol. The maximum absolute atomic E-state index is 12.9. The predicted molar refractivity (Wildman–Crippen MR) is 104 cm³/mol. The predicted octanol–water partition coefficient (Wildman–Crippen LogP) is 1.82. The zero-order chi connectivity index (χ0) is 19.8. The third-order valence-electron chi connectivity index (χ3n) is 4.57. The fraction of sp³-hybridized carbons (Fsp3) is 0.333. The molecule has 3 rings (SSSR count). The lowest BCUT2D eigenvalue weighted by Gasteiger charge is -2.26. The van der Waals surface area contributed by atoms with Crippen LogP contribution in [0.25, 0.3) is 0 Å². The van der Waals surface area contributed by atoms with Gasteiger partial charge >= 0.3 is 0 Å². The standard InChI is InChI=1S/C21H24FN3O3/c22-19-6-4-16(5-7-19)15-24-21(27)18-3-1-2-17(14-18)20(26)23-8-9-25-10-12-28-13-11-25/h1-7,14H,8-13,15H2,(H,23,26)(H,24,27). The highest BCUT2D eigenvalue weighted by Gasteiger charge is 2.12. The zero-order valence-electron chi connectivity index (χ0n) is 15.6. The maximum Gasteiger partial charge on any atom is 0.251 e. The molecule has 2 N–H and O–H groups in total. The number of morpholine rings is 1. The highest BCUT2D eigenvalue weighted by Crippen LogP contribution is 2.07. The molecule has 0 spiro atoms. The number of hydrogen-bond acceptors (Lipinski definition) is 4. The Morgan fingerprint density at radius 2 is 1.61 bits per heavy atom. The zero-order valence-corrected chi connectivity index (χ0v) is 15.6. The van der Waals surface area contributed by atoms with Crippen molar-refractivity contribution in [3.8, 4) is 0 Å². The number of hydrogen-bond donors (Lipinski definition) is 2. The van der Waals surface area contributed by atoms with Gasteiger partial charge in [-0.2, -0.15) is 0 Å². The summed E-state index contributed by atoms with van der Waals surface area (Å²) in [6, 6.07) is 12.5. The molecule has 0 atom stereocenters. The van der Waals surface area contributed by atoms with E-state index in [1.165, 1.54) is 12.1 Å². The second kappa shape index (κ2) is 9.96. The van der Waals surface area contributed by atoms with Crippen molar-refractivity contribution in [3.63, 3.8) is 0 Å². The van der Waals surface area contributed by atoms with Crippen molar-refractivity contribution in [2.24, 2.45) is 0 Å². The molecule has 1 fully saturated rings. The molecule has 1 heterocycles. The van der Waals surface area contributed by atoms with Crippen LogP contribution in [-0.4, -0.2) is 56.1 Å². The Labute approximate surface area is 163 Å². The van der Waals surface area contributed by atoms with Crippen LogP contribution < -0.4 is 10.6 Å². The van der Waals surface area contributed by atoms with Gasteiger partial charge in [-0.3, -0.25) is 14.5 Å². The van der Waals surface area contributed by atoms with Crippen LogP contribution in [0.2, 0.25) is 0 Å². The summed E-state index contributed by atoms with van der Waals surface area (Å²) < 4.78 is 18.2. The lowest BCUT2D eigenvalue weighted by atomic mass is 10.1. The lowest BCUT2D eigenvalue weighted by molar-refractivity contribution is 0.0383. The van der Waals surface area contributed by atoms with Gasteiger partial charge in [-0.1, -0.05) is 18.2 Å². The number of halogens is 1. The van der Waals surface area contributed by atoms with Gasteiger partial charge in [0.25, 0.3) is 11.8 Å². The lowest BCUT2D eigenvalue weighted by Crippen LogP contribution is -2.41. The number of rotatable bonds is 7. The van der Waals surface area contributed by atoms with E-state index in [0.29, 0.717) is 17.7 Å². The highest BCUT2D eigenvalue weighted by molar-refractivity contribution is 5.99. The van der Waals surface area contributed by atoms with Gasteiger partial charge in [0.05, 0.1) is 13.2 Å². The van der Waals surface area contributed by atoms with Crippen LogP contribution in [0.15, 0.2) is 48.5 Å². The molecular weight excluding hydrogens is 361 g/mol. The van der Waals surface area contributed by atoms with Crippen molar-refractivity contribution in [1.29, 1.82) is 0 Å². The van der Waals surface area contributed by atoms with Gasteiger partial charge < -0.3 is 15.4 Å². The minimum absolute atomic E-state index is 0.207. The fourth-order valence-electron chi connectivity index (χ4n) is 2.94. The molecule has 6 nitrogen and oxygen atoms in total. The summed E-state index contributed by atoms with van der Waals surface area (Å²) >= 11 is 0. The molecule has 148 valence electrons. The molecule has 1 aliphatic rings. The number of nitrogens with zero attached hydrogens (tertiary/aromatic N) is 1. The molecular formula is C21H24FN3O3. The Bertz CT molecular complexity index is 805. The van der Waals surface area contributed by atoms with Gasteiger partial charge in [-0.05, 0) is 35.9 Å². The van der Waals surface area contributed by atoms with Crippen molar-refractivity contribution < 1.29 is 18.7 Å². The summed E-state index contributed by atoms with van der Waals surface area (Å²) in [5.74, 6) is -0.809. The molecule has 1 saturated heterocycles. The summed E-state index contributed by atoms with van der Waals surface area (Å²) in [5.41, 5.74) is 1.64. The van der Waals surface area contributed by atoms with E-state index >= 15 is 0 Å². The molecule has 28 heavy (non-hydrogen) atoms. The Morgan fingerprint density at radius 1 is 0.964 bits per heavy atom. The van der Waals surface area contributed by atoms with Gasteiger partial charge in [-0.15, -0.1) is 0 Å². The van der Waals surface area contributed by atoms with Gasteiger partial charge in [0, 0.05) is 43.9 Å². The first-order valence-corrected chi connectivity index (χ1v) is 9.33. The topological polar surface area (TPSA) is 70.7 Å².